The molecule has 2 saturated heterocycles. The van der Waals surface area contributed by atoms with Crippen LogP contribution in [0.25, 0.3) is 0 Å². The Morgan fingerprint density at radius 1 is 1.32 bits per heavy atom. The first-order chi connectivity index (χ1) is 9.13. The number of benzene rings is 1. The summed E-state index contributed by atoms with van der Waals surface area (Å²) in [5.74, 6) is 0.452. The number of aliphatic hydroxyl groups excluding tert-OH is 1. The molecule has 2 aliphatic heterocycles. The summed E-state index contributed by atoms with van der Waals surface area (Å²) >= 11 is 6.00. The average Bonchev–Trinajstić information content (AvgIpc) is 2.62. The fourth-order valence-corrected chi connectivity index (χ4v) is 4.05. The SMILES string of the molecule is CN1C2CCC1CC(C(O)Cc1cccc(Cl)c1)C2. The van der Waals surface area contributed by atoms with Crippen molar-refractivity contribution in [3.05, 3.63) is 34.9 Å². The zero-order valence-corrected chi connectivity index (χ0v) is 12.2. The van der Waals surface area contributed by atoms with Crippen LogP contribution in [-0.2, 0) is 6.42 Å². The van der Waals surface area contributed by atoms with Crippen molar-refractivity contribution < 1.29 is 5.11 Å². The minimum atomic E-state index is -0.227. The predicted octanol–water partition coefficient (Wildman–Crippen LogP) is 3.12. The van der Waals surface area contributed by atoms with Crippen LogP contribution in [0.15, 0.2) is 24.3 Å². The van der Waals surface area contributed by atoms with Gasteiger partial charge in [0.15, 0.2) is 0 Å². The van der Waals surface area contributed by atoms with E-state index in [9.17, 15) is 5.11 Å². The maximum atomic E-state index is 10.5. The van der Waals surface area contributed by atoms with E-state index in [0.717, 1.165) is 29.8 Å². The summed E-state index contributed by atoms with van der Waals surface area (Å²) in [6.45, 7) is 0. The van der Waals surface area contributed by atoms with E-state index in [1.54, 1.807) is 0 Å². The van der Waals surface area contributed by atoms with Crippen molar-refractivity contribution in [3.8, 4) is 0 Å². The van der Waals surface area contributed by atoms with Crippen LogP contribution in [0.3, 0.4) is 0 Å². The number of fused-ring (bicyclic) bond motifs is 2. The molecule has 2 nitrogen and oxygen atoms in total. The zero-order valence-electron chi connectivity index (χ0n) is 11.4. The molecule has 2 fully saturated rings. The van der Waals surface area contributed by atoms with Gasteiger partial charge in [0.05, 0.1) is 6.10 Å². The lowest BCUT2D eigenvalue weighted by atomic mass is 9.84. The number of piperidine rings is 1. The van der Waals surface area contributed by atoms with Gasteiger partial charge in [-0.1, -0.05) is 23.7 Å². The predicted molar refractivity (Wildman–Crippen MR) is 78.5 cm³/mol. The molecular weight excluding hydrogens is 258 g/mol. The van der Waals surface area contributed by atoms with E-state index in [-0.39, 0.29) is 6.10 Å². The van der Waals surface area contributed by atoms with E-state index < -0.39 is 0 Å². The van der Waals surface area contributed by atoms with Crippen molar-refractivity contribution in [2.75, 3.05) is 7.05 Å². The summed E-state index contributed by atoms with van der Waals surface area (Å²) in [5.41, 5.74) is 1.14. The molecule has 19 heavy (non-hydrogen) atoms. The molecule has 0 spiro atoms. The van der Waals surface area contributed by atoms with Crippen LogP contribution >= 0.6 is 11.6 Å². The first kappa shape index (κ1) is 13.4. The summed E-state index contributed by atoms with van der Waals surface area (Å²) in [5, 5.41) is 11.3. The van der Waals surface area contributed by atoms with Crippen molar-refractivity contribution in [1.29, 1.82) is 0 Å². The van der Waals surface area contributed by atoms with E-state index in [4.69, 9.17) is 11.6 Å². The molecule has 3 atom stereocenters. The van der Waals surface area contributed by atoms with Crippen LogP contribution in [0.2, 0.25) is 5.02 Å². The molecule has 104 valence electrons. The molecule has 2 aliphatic rings. The fraction of sp³-hybridized carbons (Fsp3) is 0.625. The summed E-state index contributed by atoms with van der Waals surface area (Å²) in [4.78, 5) is 2.52. The van der Waals surface area contributed by atoms with Gasteiger partial charge in [0.2, 0.25) is 0 Å². The van der Waals surface area contributed by atoms with Crippen LogP contribution in [0, 0.1) is 5.92 Å². The van der Waals surface area contributed by atoms with E-state index in [0.29, 0.717) is 18.0 Å². The third kappa shape index (κ3) is 2.81. The molecule has 0 aliphatic carbocycles. The molecule has 1 aromatic carbocycles. The molecule has 3 rings (SSSR count). The molecule has 3 heteroatoms. The topological polar surface area (TPSA) is 23.5 Å². The van der Waals surface area contributed by atoms with Gasteiger partial charge >= 0.3 is 0 Å². The maximum Gasteiger partial charge on any atom is 0.0609 e. The number of nitrogens with zero attached hydrogens (tertiary/aromatic N) is 1. The van der Waals surface area contributed by atoms with Crippen LogP contribution in [-0.4, -0.2) is 35.2 Å². The lowest BCUT2D eigenvalue weighted by Gasteiger charge is -2.38. The second-order valence-electron chi connectivity index (χ2n) is 6.18. The largest absolute Gasteiger partial charge is 0.392 e. The van der Waals surface area contributed by atoms with Crippen molar-refractivity contribution >= 4 is 11.6 Å². The average molecular weight is 280 g/mol. The van der Waals surface area contributed by atoms with Crippen molar-refractivity contribution in [2.45, 2.75) is 50.3 Å². The highest BCUT2D eigenvalue weighted by Gasteiger charge is 2.40. The van der Waals surface area contributed by atoms with Gasteiger partial charge in [0.25, 0.3) is 0 Å². The smallest absolute Gasteiger partial charge is 0.0609 e. The van der Waals surface area contributed by atoms with E-state index in [2.05, 4.69) is 18.0 Å². The fourth-order valence-electron chi connectivity index (χ4n) is 3.84. The van der Waals surface area contributed by atoms with Crippen molar-refractivity contribution in [3.63, 3.8) is 0 Å². The highest BCUT2D eigenvalue weighted by atomic mass is 35.5. The Labute approximate surface area is 120 Å². The Balaban J connectivity index is 1.64. The van der Waals surface area contributed by atoms with Gasteiger partial charge in [0, 0.05) is 17.1 Å². The van der Waals surface area contributed by atoms with Crippen LogP contribution in [0.5, 0.6) is 0 Å². The van der Waals surface area contributed by atoms with Gasteiger partial charge in [-0.3, -0.25) is 0 Å². The monoisotopic (exact) mass is 279 g/mol. The summed E-state index contributed by atoms with van der Waals surface area (Å²) < 4.78 is 0. The highest BCUT2D eigenvalue weighted by Crippen LogP contribution is 2.39. The van der Waals surface area contributed by atoms with E-state index >= 15 is 0 Å². The second-order valence-corrected chi connectivity index (χ2v) is 6.62. The second kappa shape index (κ2) is 5.43. The van der Waals surface area contributed by atoms with Crippen LogP contribution in [0.4, 0.5) is 0 Å². The van der Waals surface area contributed by atoms with E-state index in [1.807, 2.05) is 18.2 Å². The Morgan fingerprint density at radius 3 is 2.63 bits per heavy atom. The third-order valence-electron chi connectivity index (χ3n) is 5.01. The molecule has 0 amide bonds. The third-order valence-corrected chi connectivity index (χ3v) is 5.25. The summed E-state index contributed by atoms with van der Waals surface area (Å²) in [6.07, 6.45) is 5.41. The molecular formula is C16H22ClNO. The normalized spacial score (nSPS) is 32.5. The maximum absolute atomic E-state index is 10.5. The van der Waals surface area contributed by atoms with Gasteiger partial charge < -0.3 is 10.0 Å². The zero-order chi connectivity index (χ0) is 13.4. The first-order valence-corrected chi connectivity index (χ1v) is 7.65. The Morgan fingerprint density at radius 2 is 2.00 bits per heavy atom. The quantitative estimate of drug-likeness (QED) is 0.919. The minimum absolute atomic E-state index is 0.227. The number of hydrogen-bond acceptors (Lipinski definition) is 2. The van der Waals surface area contributed by atoms with Gasteiger partial charge in [-0.05, 0) is 62.8 Å². The minimum Gasteiger partial charge on any atom is -0.392 e. The molecule has 0 aromatic heterocycles. The number of hydrogen-bond donors (Lipinski definition) is 1. The lowest BCUT2D eigenvalue weighted by Crippen LogP contribution is -2.43. The Hall–Kier alpha value is -0.570. The molecule has 0 radical (unpaired) electrons. The van der Waals surface area contributed by atoms with Crippen molar-refractivity contribution in [2.24, 2.45) is 5.92 Å². The Kier molecular flexibility index (Phi) is 3.84. The van der Waals surface area contributed by atoms with Gasteiger partial charge in [0.1, 0.15) is 0 Å². The highest BCUT2D eigenvalue weighted by molar-refractivity contribution is 6.30. The first-order valence-electron chi connectivity index (χ1n) is 7.28. The lowest BCUT2D eigenvalue weighted by molar-refractivity contribution is 0.0368. The molecule has 3 unspecified atom stereocenters. The van der Waals surface area contributed by atoms with Crippen molar-refractivity contribution in [1.82, 2.24) is 4.90 Å². The van der Waals surface area contributed by atoms with Gasteiger partial charge in [-0.15, -0.1) is 0 Å². The number of halogens is 1. The Bertz CT molecular complexity index is 436. The van der Waals surface area contributed by atoms with Crippen LogP contribution in [0.1, 0.15) is 31.2 Å². The summed E-state index contributed by atoms with van der Waals surface area (Å²) in [7, 11) is 2.24. The molecule has 0 saturated carbocycles. The van der Waals surface area contributed by atoms with Gasteiger partial charge in [-0.2, -0.15) is 0 Å². The molecule has 2 bridgehead atoms. The van der Waals surface area contributed by atoms with Gasteiger partial charge in [-0.25, -0.2) is 0 Å². The summed E-state index contributed by atoms with van der Waals surface area (Å²) in [6, 6.07) is 9.25. The molecule has 1 aromatic rings. The molecule has 2 heterocycles. The number of rotatable bonds is 3. The number of aliphatic hydroxyl groups is 1. The molecule has 1 N–H and O–H groups in total. The van der Waals surface area contributed by atoms with Crippen LogP contribution < -0.4 is 0 Å². The standard InChI is InChI=1S/C16H22ClNO/c1-18-14-5-6-15(18)10-12(9-14)16(19)8-11-3-2-4-13(17)7-11/h2-4,7,12,14-16,19H,5-6,8-10H2,1H3. The van der Waals surface area contributed by atoms with E-state index in [1.165, 1.54) is 12.8 Å².